The SMILES string of the molecule is Cc1ccc(-c2c(C(=O)c3c(Cl)ncnc3N3CCCC3)cnn2C)cc1. The minimum Gasteiger partial charge on any atom is -0.356 e. The Morgan fingerprint density at radius 3 is 2.52 bits per heavy atom. The van der Waals surface area contributed by atoms with Crippen LogP contribution < -0.4 is 4.90 Å². The first-order chi connectivity index (χ1) is 13.1. The van der Waals surface area contributed by atoms with Gasteiger partial charge in [0.25, 0.3) is 0 Å². The summed E-state index contributed by atoms with van der Waals surface area (Å²) in [6.45, 7) is 3.76. The number of ketones is 1. The van der Waals surface area contributed by atoms with Gasteiger partial charge in [0, 0.05) is 25.7 Å². The third kappa shape index (κ3) is 3.21. The lowest BCUT2D eigenvalue weighted by atomic mass is 10.0. The molecule has 0 atom stereocenters. The highest BCUT2D eigenvalue weighted by atomic mass is 35.5. The summed E-state index contributed by atoms with van der Waals surface area (Å²) in [6, 6.07) is 8.02. The zero-order valence-corrected chi connectivity index (χ0v) is 16.1. The largest absolute Gasteiger partial charge is 0.356 e. The molecular weight excluding hydrogens is 362 g/mol. The first kappa shape index (κ1) is 17.7. The molecule has 0 bridgehead atoms. The van der Waals surface area contributed by atoms with Crippen molar-refractivity contribution in [2.24, 2.45) is 7.05 Å². The standard InChI is InChI=1S/C20H20ClN5O/c1-13-5-7-14(8-6-13)17-15(11-24-25(17)2)18(27)16-19(21)22-12-23-20(16)26-9-3-4-10-26/h5-8,11-12H,3-4,9-10H2,1-2H3. The van der Waals surface area contributed by atoms with Crippen LogP contribution in [0.2, 0.25) is 5.15 Å². The van der Waals surface area contributed by atoms with Gasteiger partial charge in [-0.25, -0.2) is 9.97 Å². The second kappa shape index (κ2) is 7.12. The quantitative estimate of drug-likeness (QED) is 0.509. The molecule has 1 fully saturated rings. The van der Waals surface area contributed by atoms with Gasteiger partial charge in [-0.1, -0.05) is 41.4 Å². The van der Waals surface area contributed by atoms with Crippen LogP contribution in [0, 0.1) is 6.92 Å². The Kier molecular flexibility index (Phi) is 4.66. The molecule has 0 radical (unpaired) electrons. The number of hydrogen-bond acceptors (Lipinski definition) is 5. The van der Waals surface area contributed by atoms with Crippen LogP contribution in [0.4, 0.5) is 5.82 Å². The van der Waals surface area contributed by atoms with Gasteiger partial charge in [0.05, 0.1) is 17.5 Å². The van der Waals surface area contributed by atoms with Crippen LogP contribution in [0.15, 0.2) is 36.8 Å². The number of anilines is 1. The topological polar surface area (TPSA) is 63.9 Å². The Hall–Kier alpha value is -2.73. The Labute approximate surface area is 162 Å². The fourth-order valence-electron chi connectivity index (χ4n) is 3.51. The van der Waals surface area contributed by atoms with Crippen molar-refractivity contribution < 1.29 is 4.79 Å². The molecule has 0 aliphatic carbocycles. The summed E-state index contributed by atoms with van der Waals surface area (Å²) in [5.74, 6) is 0.405. The molecule has 4 rings (SSSR count). The normalized spacial score (nSPS) is 14.0. The number of halogens is 1. The van der Waals surface area contributed by atoms with Gasteiger partial charge in [-0.05, 0) is 19.8 Å². The van der Waals surface area contributed by atoms with E-state index in [-0.39, 0.29) is 10.9 Å². The molecule has 1 saturated heterocycles. The van der Waals surface area contributed by atoms with Gasteiger partial charge >= 0.3 is 0 Å². The lowest BCUT2D eigenvalue weighted by molar-refractivity contribution is 0.103. The molecule has 1 aliphatic heterocycles. The van der Waals surface area contributed by atoms with Crippen molar-refractivity contribution in [2.45, 2.75) is 19.8 Å². The number of aromatic nitrogens is 4. The second-order valence-corrected chi connectivity index (χ2v) is 7.14. The summed E-state index contributed by atoms with van der Waals surface area (Å²) < 4.78 is 1.71. The third-order valence-corrected chi connectivity index (χ3v) is 5.21. The number of carbonyl (C=O) groups is 1. The van der Waals surface area contributed by atoms with Gasteiger partial charge in [-0.15, -0.1) is 0 Å². The summed E-state index contributed by atoms with van der Waals surface area (Å²) in [6.07, 6.45) is 5.17. The maximum Gasteiger partial charge on any atom is 0.203 e. The fraction of sp³-hybridized carbons (Fsp3) is 0.300. The minimum absolute atomic E-state index is 0.176. The Morgan fingerprint density at radius 1 is 1.11 bits per heavy atom. The van der Waals surface area contributed by atoms with Gasteiger partial charge in [-0.2, -0.15) is 5.10 Å². The highest BCUT2D eigenvalue weighted by Crippen LogP contribution is 2.32. The molecule has 6 nitrogen and oxygen atoms in total. The van der Waals surface area contributed by atoms with Crippen LogP contribution in [-0.2, 0) is 7.05 Å². The zero-order valence-electron chi connectivity index (χ0n) is 15.3. The van der Waals surface area contributed by atoms with E-state index in [9.17, 15) is 4.79 Å². The molecule has 0 unspecified atom stereocenters. The summed E-state index contributed by atoms with van der Waals surface area (Å²) in [4.78, 5) is 24.0. The first-order valence-corrected chi connectivity index (χ1v) is 9.33. The summed E-state index contributed by atoms with van der Waals surface area (Å²) in [7, 11) is 1.83. The number of nitrogens with zero attached hydrogens (tertiary/aromatic N) is 5. The van der Waals surface area contributed by atoms with Crippen molar-refractivity contribution in [1.29, 1.82) is 0 Å². The average Bonchev–Trinajstić information content (AvgIpc) is 3.32. The predicted molar refractivity (Wildman–Crippen MR) is 105 cm³/mol. The van der Waals surface area contributed by atoms with Crippen LogP contribution in [0.1, 0.15) is 34.3 Å². The number of benzene rings is 1. The predicted octanol–water partition coefficient (Wildman–Crippen LogP) is 3.67. The fourth-order valence-corrected chi connectivity index (χ4v) is 3.73. The van der Waals surface area contributed by atoms with E-state index in [1.807, 2.05) is 38.2 Å². The number of hydrogen-bond donors (Lipinski definition) is 0. The van der Waals surface area contributed by atoms with E-state index in [2.05, 4.69) is 20.0 Å². The molecule has 0 N–H and O–H groups in total. The number of aryl methyl sites for hydroxylation is 2. The third-order valence-electron chi connectivity index (χ3n) is 4.92. The molecule has 1 aliphatic rings. The monoisotopic (exact) mass is 381 g/mol. The lowest BCUT2D eigenvalue weighted by Gasteiger charge is -2.19. The minimum atomic E-state index is -0.203. The molecular formula is C20H20ClN5O. The molecule has 2 aromatic heterocycles. The van der Waals surface area contributed by atoms with Crippen LogP contribution in [0.3, 0.4) is 0 Å². The summed E-state index contributed by atoms with van der Waals surface area (Å²) in [5, 5.41) is 4.49. The second-order valence-electron chi connectivity index (χ2n) is 6.78. The van der Waals surface area contributed by atoms with Crippen molar-refractivity contribution in [3.63, 3.8) is 0 Å². The van der Waals surface area contributed by atoms with Crippen LogP contribution in [0.25, 0.3) is 11.3 Å². The Morgan fingerprint density at radius 2 is 1.81 bits per heavy atom. The molecule has 138 valence electrons. The molecule has 27 heavy (non-hydrogen) atoms. The van der Waals surface area contributed by atoms with Gasteiger partial charge in [0.15, 0.2) is 0 Å². The maximum atomic E-state index is 13.5. The molecule has 0 saturated carbocycles. The highest BCUT2D eigenvalue weighted by Gasteiger charge is 2.28. The first-order valence-electron chi connectivity index (χ1n) is 8.95. The van der Waals surface area contributed by atoms with Gasteiger partial charge in [0.2, 0.25) is 5.78 Å². The van der Waals surface area contributed by atoms with Crippen molar-refractivity contribution in [1.82, 2.24) is 19.7 Å². The highest BCUT2D eigenvalue weighted by molar-refractivity contribution is 6.35. The molecule has 0 amide bonds. The zero-order chi connectivity index (χ0) is 19.0. The summed E-state index contributed by atoms with van der Waals surface area (Å²) >= 11 is 6.35. The molecule has 3 aromatic rings. The summed E-state index contributed by atoms with van der Waals surface area (Å²) in [5.41, 5.74) is 3.69. The Bertz CT molecular complexity index is 990. The smallest absolute Gasteiger partial charge is 0.203 e. The average molecular weight is 382 g/mol. The van der Waals surface area contributed by atoms with Crippen molar-refractivity contribution in [3.8, 4) is 11.3 Å². The van der Waals surface area contributed by atoms with Crippen LogP contribution in [-0.4, -0.2) is 38.6 Å². The number of carbonyl (C=O) groups excluding carboxylic acids is 1. The van der Waals surface area contributed by atoms with E-state index < -0.39 is 0 Å². The lowest BCUT2D eigenvalue weighted by Crippen LogP contribution is -2.23. The van der Waals surface area contributed by atoms with E-state index >= 15 is 0 Å². The molecule has 1 aromatic carbocycles. The van der Waals surface area contributed by atoms with E-state index in [0.29, 0.717) is 16.9 Å². The molecule has 7 heteroatoms. The number of rotatable bonds is 4. The van der Waals surface area contributed by atoms with Gasteiger partial charge < -0.3 is 4.90 Å². The van der Waals surface area contributed by atoms with E-state index in [0.717, 1.165) is 42.8 Å². The Balaban J connectivity index is 1.82. The van der Waals surface area contributed by atoms with Crippen molar-refractivity contribution in [2.75, 3.05) is 18.0 Å². The van der Waals surface area contributed by atoms with Crippen LogP contribution >= 0.6 is 11.6 Å². The van der Waals surface area contributed by atoms with E-state index in [4.69, 9.17) is 11.6 Å². The van der Waals surface area contributed by atoms with Gasteiger partial charge in [0.1, 0.15) is 22.9 Å². The van der Waals surface area contributed by atoms with Crippen LogP contribution in [0.5, 0.6) is 0 Å². The van der Waals surface area contributed by atoms with E-state index in [1.165, 1.54) is 6.33 Å². The van der Waals surface area contributed by atoms with Crippen molar-refractivity contribution in [3.05, 3.63) is 58.6 Å². The van der Waals surface area contributed by atoms with Crippen molar-refractivity contribution >= 4 is 23.2 Å². The maximum absolute atomic E-state index is 13.5. The van der Waals surface area contributed by atoms with Gasteiger partial charge in [-0.3, -0.25) is 9.48 Å². The molecule has 3 heterocycles. The molecule has 0 spiro atoms. The van der Waals surface area contributed by atoms with E-state index in [1.54, 1.807) is 10.9 Å².